The van der Waals surface area contributed by atoms with Crippen LogP contribution in [0.2, 0.25) is 0 Å². The van der Waals surface area contributed by atoms with Crippen molar-refractivity contribution < 1.29 is 24.3 Å². The Morgan fingerprint density at radius 2 is 1.44 bits per heavy atom. The van der Waals surface area contributed by atoms with E-state index in [1.54, 1.807) is 0 Å². The van der Waals surface area contributed by atoms with E-state index in [1.165, 1.54) is 6.92 Å². The maximum Gasteiger partial charge on any atom is 0.242 e. The molecule has 4 rings (SSSR count). The molecule has 5 unspecified atom stereocenters. The van der Waals surface area contributed by atoms with E-state index in [0.717, 1.165) is 39.1 Å². The van der Waals surface area contributed by atoms with Gasteiger partial charge in [0, 0.05) is 25.9 Å². The molecule has 0 saturated carbocycles. The lowest BCUT2D eigenvalue weighted by Gasteiger charge is -2.29. The molecule has 5 N–H and O–H groups in total. The Kier molecular flexibility index (Phi) is 16.5. The third kappa shape index (κ3) is 13.3. The quantitative estimate of drug-likeness (QED) is 0.0613. The summed E-state index contributed by atoms with van der Waals surface area (Å²) in [5, 5.41) is 27.5. The predicted octanol–water partition coefficient (Wildman–Crippen LogP) is 6.63. The van der Waals surface area contributed by atoms with Crippen LogP contribution in [-0.2, 0) is 32.0 Å². The maximum atomic E-state index is 14.5. The summed E-state index contributed by atoms with van der Waals surface area (Å²) in [6, 6.07) is 27.1. The summed E-state index contributed by atoms with van der Waals surface area (Å²) in [7, 11) is 0. The van der Waals surface area contributed by atoms with Crippen LogP contribution in [0.15, 0.2) is 84.9 Å². The Bertz CT molecular complexity index is 1840. The summed E-state index contributed by atoms with van der Waals surface area (Å²) < 4.78 is 0. The minimum Gasteiger partial charge on any atom is -0.390 e. The van der Waals surface area contributed by atoms with Crippen LogP contribution in [0, 0.1) is 17.8 Å². The molecular weight excluding hydrogens is 677 g/mol. The van der Waals surface area contributed by atoms with E-state index >= 15 is 0 Å². The molecule has 0 aliphatic carbocycles. The van der Waals surface area contributed by atoms with Crippen LogP contribution >= 0.6 is 0 Å². The zero-order valence-electron chi connectivity index (χ0n) is 32.7. The molecule has 5 atom stereocenters. The number of benzene rings is 4. The van der Waals surface area contributed by atoms with Gasteiger partial charge in [-0.05, 0) is 83.0 Å². The Morgan fingerprint density at radius 3 is 2.17 bits per heavy atom. The van der Waals surface area contributed by atoms with E-state index in [-0.39, 0.29) is 30.1 Å². The summed E-state index contributed by atoms with van der Waals surface area (Å²) in [6.07, 6.45) is 2.63. The van der Waals surface area contributed by atoms with Gasteiger partial charge in [0.05, 0.1) is 18.6 Å². The standard InChI is InChI=1S/C45H60N4O5/c1-6-31(4)29-47-43(52)28-42(51)41(24-30(2)3)49-45(54)40(20-11-12-23-46-32(5)50)48-44(53)38(26-33-21-22-34-14-7-8-16-36(34)25-33)27-37-18-13-17-35-15-9-10-19-39(35)37/h7-10,13-19,21-22,25,30-31,38,40-42,51H,6,11-12,20,23-24,26-29H2,1-5H3,(H,46,50)(H,47,52)(H,48,53)(H,49,54). The number of hydrogen-bond acceptors (Lipinski definition) is 5. The van der Waals surface area contributed by atoms with Gasteiger partial charge in [-0.3, -0.25) is 19.2 Å². The highest BCUT2D eigenvalue weighted by molar-refractivity contribution is 5.90. The molecule has 0 radical (unpaired) electrons. The first-order valence-corrected chi connectivity index (χ1v) is 19.7. The second-order valence-electron chi connectivity index (χ2n) is 15.3. The van der Waals surface area contributed by atoms with Gasteiger partial charge in [0.15, 0.2) is 0 Å². The Balaban J connectivity index is 1.58. The third-order valence-electron chi connectivity index (χ3n) is 10.2. The zero-order valence-corrected chi connectivity index (χ0v) is 32.7. The Hall–Kier alpha value is -4.76. The van der Waals surface area contributed by atoms with Crippen LogP contribution in [0.1, 0.15) is 84.3 Å². The van der Waals surface area contributed by atoms with Gasteiger partial charge in [0.1, 0.15) is 6.04 Å². The smallest absolute Gasteiger partial charge is 0.242 e. The molecule has 0 spiro atoms. The van der Waals surface area contributed by atoms with Crippen LogP contribution < -0.4 is 21.3 Å². The number of unbranched alkanes of at least 4 members (excludes halogenated alkanes) is 1. The van der Waals surface area contributed by atoms with Crippen LogP contribution in [0.3, 0.4) is 0 Å². The van der Waals surface area contributed by atoms with E-state index in [4.69, 9.17) is 0 Å². The Morgan fingerprint density at radius 1 is 0.741 bits per heavy atom. The zero-order chi connectivity index (χ0) is 39.0. The molecule has 0 aliphatic rings. The number of amides is 4. The van der Waals surface area contributed by atoms with Crippen molar-refractivity contribution >= 4 is 45.2 Å². The molecule has 9 heteroatoms. The molecule has 4 aromatic rings. The molecule has 0 aliphatic heterocycles. The summed E-state index contributed by atoms with van der Waals surface area (Å²) in [6.45, 7) is 10.6. The Labute approximate surface area is 321 Å². The lowest BCUT2D eigenvalue weighted by Crippen LogP contribution is -2.54. The summed E-state index contributed by atoms with van der Waals surface area (Å²) in [5.41, 5.74) is 2.08. The fourth-order valence-corrected chi connectivity index (χ4v) is 6.88. The van der Waals surface area contributed by atoms with Gasteiger partial charge in [-0.1, -0.05) is 119 Å². The van der Waals surface area contributed by atoms with Crippen molar-refractivity contribution in [1.29, 1.82) is 0 Å². The van der Waals surface area contributed by atoms with Crippen molar-refractivity contribution in [2.24, 2.45) is 17.8 Å². The minimum absolute atomic E-state index is 0.124. The van der Waals surface area contributed by atoms with Gasteiger partial charge in [-0.2, -0.15) is 0 Å². The highest BCUT2D eigenvalue weighted by Crippen LogP contribution is 2.25. The molecule has 4 aromatic carbocycles. The fraction of sp³-hybridized carbons (Fsp3) is 0.467. The second kappa shape index (κ2) is 21.2. The van der Waals surface area contributed by atoms with Crippen molar-refractivity contribution in [3.63, 3.8) is 0 Å². The lowest BCUT2D eigenvalue weighted by atomic mass is 9.88. The maximum absolute atomic E-state index is 14.5. The van der Waals surface area contributed by atoms with Crippen molar-refractivity contribution in [2.45, 2.75) is 104 Å². The van der Waals surface area contributed by atoms with Crippen molar-refractivity contribution in [3.8, 4) is 0 Å². The van der Waals surface area contributed by atoms with Gasteiger partial charge in [0.2, 0.25) is 23.6 Å². The predicted molar refractivity (Wildman–Crippen MR) is 218 cm³/mol. The first-order chi connectivity index (χ1) is 25.9. The second-order valence-corrected chi connectivity index (χ2v) is 15.3. The number of carbonyl (C=O) groups is 4. The molecule has 4 amide bonds. The molecule has 0 bridgehead atoms. The largest absolute Gasteiger partial charge is 0.390 e. The number of aliphatic hydroxyl groups is 1. The normalized spacial score (nSPS) is 14.2. The van der Waals surface area contributed by atoms with Gasteiger partial charge in [-0.15, -0.1) is 0 Å². The summed E-state index contributed by atoms with van der Waals surface area (Å²) >= 11 is 0. The molecule has 0 saturated heterocycles. The molecule has 9 nitrogen and oxygen atoms in total. The minimum atomic E-state index is -1.10. The number of rotatable bonds is 21. The number of hydrogen-bond donors (Lipinski definition) is 5. The molecule has 0 heterocycles. The molecule has 0 fully saturated rings. The number of carbonyl (C=O) groups excluding carboxylic acids is 4. The number of aliphatic hydroxyl groups excluding tert-OH is 1. The van der Waals surface area contributed by atoms with Gasteiger partial charge in [0.25, 0.3) is 0 Å². The third-order valence-corrected chi connectivity index (χ3v) is 10.2. The molecule has 54 heavy (non-hydrogen) atoms. The lowest BCUT2D eigenvalue weighted by molar-refractivity contribution is -0.132. The first kappa shape index (κ1) is 42.0. The van der Waals surface area contributed by atoms with Gasteiger partial charge in [-0.25, -0.2) is 0 Å². The van der Waals surface area contributed by atoms with E-state index < -0.39 is 30.0 Å². The summed E-state index contributed by atoms with van der Waals surface area (Å²) in [4.78, 5) is 52.8. The van der Waals surface area contributed by atoms with Crippen LogP contribution in [0.4, 0.5) is 0 Å². The number of fused-ring (bicyclic) bond motifs is 2. The van der Waals surface area contributed by atoms with E-state index in [0.29, 0.717) is 57.5 Å². The van der Waals surface area contributed by atoms with E-state index in [9.17, 15) is 24.3 Å². The van der Waals surface area contributed by atoms with Crippen molar-refractivity contribution in [2.75, 3.05) is 13.1 Å². The average Bonchev–Trinajstić information content (AvgIpc) is 3.15. The highest BCUT2D eigenvalue weighted by atomic mass is 16.3. The van der Waals surface area contributed by atoms with E-state index in [2.05, 4.69) is 89.7 Å². The fourth-order valence-electron chi connectivity index (χ4n) is 6.88. The average molecular weight is 737 g/mol. The molecule has 0 aromatic heterocycles. The highest BCUT2D eigenvalue weighted by Gasteiger charge is 2.31. The van der Waals surface area contributed by atoms with Crippen LogP contribution in [0.5, 0.6) is 0 Å². The summed E-state index contributed by atoms with van der Waals surface area (Å²) in [5.74, 6) is -1.06. The van der Waals surface area contributed by atoms with E-state index in [1.807, 2.05) is 44.2 Å². The first-order valence-electron chi connectivity index (χ1n) is 19.7. The van der Waals surface area contributed by atoms with Crippen LogP contribution in [-0.4, -0.2) is 60.0 Å². The number of nitrogens with one attached hydrogen (secondary N) is 4. The topological polar surface area (TPSA) is 137 Å². The van der Waals surface area contributed by atoms with Gasteiger partial charge < -0.3 is 26.4 Å². The van der Waals surface area contributed by atoms with Gasteiger partial charge >= 0.3 is 0 Å². The van der Waals surface area contributed by atoms with Crippen molar-refractivity contribution in [1.82, 2.24) is 21.3 Å². The molecular formula is C45H60N4O5. The molecule has 290 valence electrons. The van der Waals surface area contributed by atoms with Crippen molar-refractivity contribution in [3.05, 3.63) is 96.1 Å². The monoisotopic (exact) mass is 736 g/mol. The SMILES string of the molecule is CCC(C)CNC(=O)CC(O)C(CC(C)C)NC(=O)C(CCCCNC(C)=O)NC(=O)C(Cc1ccc2ccccc2c1)Cc1cccc2ccccc12. The van der Waals surface area contributed by atoms with Crippen LogP contribution in [0.25, 0.3) is 21.5 Å².